The molecule has 2 N–H and O–H groups in total. The summed E-state index contributed by atoms with van der Waals surface area (Å²) in [5.41, 5.74) is 6.55. The van der Waals surface area contributed by atoms with Crippen molar-refractivity contribution in [3.05, 3.63) is 29.8 Å². The van der Waals surface area contributed by atoms with Crippen LogP contribution in [0, 0.1) is 0 Å². The van der Waals surface area contributed by atoms with Crippen LogP contribution in [0.1, 0.15) is 5.56 Å². The van der Waals surface area contributed by atoms with Crippen molar-refractivity contribution in [3.63, 3.8) is 0 Å². The maximum atomic E-state index is 11.0. The molecular weight excluding hydrogens is 142 g/mol. The Balaban J connectivity index is 2.56. The summed E-state index contributed by atoms with van der Waals surface area (Å²) in [5, 5.41) is 14.5. The summed E-state index contributed by atoms with van der Waals surface area (Å²) in [6, 6.07) is 7.20. The highest BCUT2D eigenvalue weighted by atomic mass is 16.3. The van der Waals surface area contributed by atoms with Crippen LogP contribution in [0.15, 0.2) is 29.4 Å². The Morgan fingerprint density at radius 1 is 1.27 bits per heavy atom. The van der Waals surface area contributed by atoms with Gasteiger partial charge >= 0.3 is 0 Å². The average molecular weight is 148 g/mol. The van der Waals surface area contributed by atoms with Gasteiger partial charge in [-0.15, -0.1) is 5.10 Å². The molecule has 1 radical (unpaired) electrons. The van der Waals surface area contributed by atoms with Crippen LogP contribution in [0.4, 0.5) is 5.69 Å². The SMILES string of the molecule is [O]C1=NNNc2ccccc21. The molecule has 1 aromatic rings. The molecule has 0 unspecified atom stereocenters. The molecule has 55 valence electrons. The van der Waals surface area contributed by atoms with Gasteiger partial charge in [0.2, 0.25) is 0 Å². The van der Waals surface area contributed by atoms with Crippen molar-refractivity contribution in [3.8, 4) is 0 Å². The predicted octanol–water partition coefficient (Wildman–Crippen LogP) is 0.709. The van der Waals surface area contributed by atoms with Gasteiger partial charge in [0.15, 0.2) is 0 Å². The van der Waals surface area contributed by atoms with Gasteiger partial charge in [-0.3, -0.25) is 10.5 Å². The predicted molar refractivity (Wildman–Crippen MR) is 40.4 cm³/mol. The summed E-state index contributed by atoms with van der Waals surface area (Å²) in [6.07, 6.45) is 0. The zero-order valence-electron chi connectivity index (χ0n) is 5.66. The average Bonchev–Trinajstić information content (AvgIpc) is 2.06. The highest BCUT2D eigenvalue weighted by Crippen LogP contribution is 2.16. The van der Waals surface area contributed by atoms with E-state index in [2.05, 4.69) is 16.1 Å². The normalized spacial score (nSPS) is 14.0. The summed E-state index contributed by atoms with van der Waals surface area (Å²) in [7, 11) is 0. The van der Waals surface area contributed by atoms with Gasteiger partial charge in [-0.1, -0.05) is 12.1 Å². The van der Waals surface area contributed by atoms with Gasteiger partial charge in [-0.25, -0.2) is 5.53 Å². The Morgan fingerprint density at radius 2 is 2.09 bits per heavy atom. The summed E-state index contributed by atoms with van der Waals surface area (Å²) in [4.78, 5) is 0. The van der Waals surface area contributed by atoms with Crippen LogP contribution in [0.5, 0.6) is 0 Å². The van der Waals surface area contributed by atoms with E-state index in [0.29, 0.717) is 5.56 Å². The fourth-order valence-corrected chi connectivity index (χ4v) is 0.978. The topological polar surface area (TPSA) is 56.3 Å². The highest BCUT2D eigenvalue weighted by molar-refractivity contribution is 5.98. The van der Waals surface area contributed by atoms with Crippen molar-refractivity contribution >= 4 is 11.6 Å². The fourth-order valence-electron chi connectivity index (χ4n) is 0.978. The Hall–Kier alpha value is -1.71. The van der Waals surface area contributed by atoms with Crippen LogP contribution in [-0.2, 0) is 5.11 Å². The number of nitrogens with one attached hydrogen (secondary N) is 2. The molecule has 0 saturated carbocycles. The Morgan fingerprint density at radius 3 is 2.91 bits per heavy atom. The summed E-state index contributed by atoms with van der Waals surface area (Å²) in [6.45, 7) is 0. The summed E-state index contributed by atoms with van der Waals surface area (Å²) >= 11 is 0. The van der Waals surface area contributed by atoms with Crippen molar-refractivity contribution in [2.24, 2.45) is 5.10 Å². The maximum absolute atomic E-state index is 11.0. The molecule has 0 amide bonds. The van der Waals surface area contributed by atoms with Gasteiger partial charge in [0.05, 0.1) is 11.3 Å². The van der Waals surface area contributed by atoms with Crippen molar-refractivity contribution in [2.45, 2.75) is 0 Å². The number of hydrogen-bond acceptors (Lipinski definition) is 3. The highest BCUT2D eigenvalue weighted by Gasteiger charge is 2.12. The minimum atomic E-state index is -0.237. The van der Waals surface area contributed by atoms with Gasteiger partial charge in [0.25, 0.3) is 5.90 Å². The molecule has 0 aromatic heterocycles. The van der Waals surface area contributed by atoms with Crippen LogP contribution >= 0.6 is 0 Å². The fraction of sp³-hybridized carbons (Fsp3) is 0. The van der Waals surface area contributed by atoms with Crippen LogP contribution < -0.4 is 11.0 Å². The van der Waals surface area contributed by atoms with E-state index in [9.17, 15) is 5.11 Å². The third kappa shape index (κ3) is 0.881. The number of hydrazone groups is 1. The van der Waals surface area contributed by atoms with Crippen molar-refractivity contribution < 1.29 is 5.11 Å². The molecule has 0 spiro atoms. The molecule has 4 heteroatoms. The molecule has 1 aliphatic rings. The smallest absolute Gasteiger partial charge is 0.284 e. The maximum Gasteiger partial charge on any atom is 0.296 e. The van der Waals surface area contributed by atoms with E-state index >= 15 is 0 Å². The second kappa shape index (κ2) is 2.16. The van der Waals surface area contributed by atoms with E-state index in [-0.39, 0.29) is 5.90 Å². The van der Waals surface area contributed by atoms with Crippen LogP contribution in [-0.4, -0.2) is 5.90 Å². The lowest BCUT2D eigenvalue weighted by Crippen LogP contribution is -2.24. The molecule has 11 heavy (non-hydrogen) atoms. The lowest BCUT2D eigenvalue weighted by Gasteiger charge is -2.12. The molecule has 1 aliphatic heterocycles. The number of hydrazine groups is 1. The standard InChI is InChI=1S/C7H6N3O/c11-7-5-3-1-2-4-6(5)8-10-9-7/h1-4,8,10H. The third-order valence-corrected chi connectivity index (χ3v) is 1.51. The van der Waals surface area contributed by atoms with Crippen molar-refractivity contribution in [2.75, 3.05) is 5.43 Å². The zero-order valence-corrected chi connectivity index (χ0v) is 5.66. The van der Waals surface area contributed by atoms with E-state index in [4.69, 9.17) is 0 Å². The molecule has 0 aliphatic carbocycles. The molecule has 4 nitrogen and oxygen atoms in total. The van der Waals surface area contributed by atoms with Crippen molar-refractivity contribution in [1.82, 2.24) is 5.53 Å². The molecule has 1 heterocycles. The number of benzene rings is 1. The van der Waals surface area contributed by atoms with E-state index in [0.717, 1.165) is 5.69 Å². The first-order valence-electron chi connectivity index (χ1n) is 3.23. The number of para-hydroxylation sites is 1. The number of rotatable bonds is 0. The quantitative estimate of drug-likeness (QED) is 0.569. The summed E-state index contributed by atoms with van der Waals surface area (Å²) < 4.78 is 0. The Kier molecular flexibility index (Phi) is 1.18. The van der Waals surface area contributed by atoms with Crippen LogP contribution in [0.3, 0.4) is 0 Å². The van der Waals surface area contributed by atoms with Gasteiger partial charge in [-0.05, 0) is 12.1 Å². The lowest BCUT2D eigenvalue weighted by molar-refractivity contribution is 0.421. The van der Waals surface area contributed by atoms with Gasteiger partial charge in [-0.2, -0.15) is 0 Å². The van der Waals surface area contributed by atoms with E-state index in [1.807, 2.05) is 12.1 Å². The van der Waals surface area contributed by atoms with Gasteiger partial charge < -0.3 is 0 Å². The number of fused-ring (bicyclic) bond motifs is 1. The molecule has 0 bridgehead atoms. The van der Waals surface area contributed by atoms with E-state index in [1.165, 1.54) is 0 Å². The number of anilines is 1. The molecule has 0 fully saturated rings. The molecule has 0 saturated heterocycles. The van der Waals surface area contributed by atoms with E-state index in [1.54, 1.807) is 12.1 Å². The second-order valence-corrected chi connectivity index (χ2v) is 2.20. The first-order chi connectivity index (χ1) is 5.38. The monoisotopic (exact) mass is 148 g/mol. The Labute approximate surface area is 63.5 Å². The van der Waals surface area contributed by atoms with E-state index < -0.39 is 0 Å². The molecule has 1 aromatic carbocycles. The van der Waals surface area contributed by atoms with Crippen LogP contribution in [0.25, 0.3) is 0 Å². The van der Waals surface area contributed by atoms with Gasteiger partial charge in [0, 0.05) is 0 Å². The second-order valence-electron chi connectivity index (χ2n) is 2.20. The number of hydrogen-bond donors (Lipinski definition) is 2. The Bertz CT molecular complexity index is 308. The van der Waals surface area contributed by atoms with Crippen LogP contribution in [0.2, 0.25) is 0 Å². The van der Waals surface area contributed by atoms with Gasteiger partial charge in [0.1, 0.15) is 0 Å². The van der Waals surface area contributed by atoms with Crippen molar-refractivity contribution in [1.29, 1.82) is 0 Å². The molecular formula is C7H6N3O. The third-order valence-electron chi connectivity index (χ3n) is 1.51. The minimum Gasteiger partial charge on any atom is -0.284 e. The minimum absolute atomic E-state index is 0.237. The lowest BCUT2D eigenvalue weighted by atomic mass is 10.2. The number of nitrogens with zero attached hydrogens (tertiary/aromatic N) is 1. The largest absolute Gasteiger partial charge is 0.296 e. The zero-order chi connectivity index (χ0) is 7.68. The first-order valence-corrected chi connectivity index (χ1v) is 3.23. The molecule has 0 atom stereocenters. The summed E-state index contributed by atoms with van der Waals surface area (Å²) in [5.74, 6) is -0.237. The first kappa shape index (κ1) is 6.03. The molecule has 2 rings (SSSR count).